The highest BCUT2D eigenvalue weighted by Gasteiger charge is 2.33. The predicted octanol–water partition coefficient (Wildman–Crippen LogP) is 4.15. The maximum absolute atomic E-state index is 13.7. The molecule has 0 amide bonds. The first kappa shape index (κ1) is 21.2. The summed E-state index contributed by atoms with van der Waals surface area (Å²) in [7, 11) is -3.91. The third-order valence-electron chi connectivity index (χ3n) is 4.69. The summed E-state index contributed by atoms with van der Waals surface area (Å²) in [5.74, 6) is -0.362. The van der Waals surface area contributed by atoms with E-state index in [-0.39, 0.29) is 22.4 Å². The zero-order valence-electron chi connectivity index (χ0n) is 16.6. The second kappa shape index (κ2) is 7.72. The van der Waals surface area contributed by atoms with Crippen LogP contribution in [0.1, 0.15) is 45.2 Å². The van der Waals surface area contributed by atoms with Crippen molar-refractivity contribution in [2.45, 2.75) is 50.1 Å². The maximum atomic E-state index is 13.7. The van der Waals surface area contributed by atoms with Gasteiger partial charge >= 0.3 is 0 Å². The standard InChI is InChI=1S/C20H24FN3O4S/c1-20(2,3)22-29(27,28)16-9-10-18(19(13-16)24(25)26)23-11-5-8-17(23)14-6-4-7-15(21)12-14/h4,6-7,9-10,12-13,17,22H,5,8,11H2,1-3H3/t17-/m1/s1. The summed E-state index contributed by atoms with van der Waals surface area (Å²) in [5.41, 5.74) is 0.0634. The fourth-order valence-electron chi connectivity index (χ4n) is 3.64. The van der Waals surface area contributed by atoms with Crippen molar-refractivity contribution in [3.8, 4) is 0 Å². The molecule has 0 bridgehead atoms. The van der Waals surface area contributed by atoms with E-state index in [1.807, 2.05) is 4.90 Å². The Bertz CT molecular complexity index is 1030. The van der Waals surface area contributed by atoms with Crippen molar-refractivity contribution < 1.29 is 17.7 Å². The number of rotatable bonds is 5. The molecule has 0 aromatic heterocycles. The highest BCUT2D eigenvalue weighted by molar-refractivity contribution is 7.89. The smallest absolute Gasteiger partial charge is 0.293 e. The van der Waals surface area contributed by atoms with Crippen LogP contribution < -0.4 is 9.62 Å². The fraction of sp³-hybridized carbons (Fsp3) is 0.400. The number of nitrogens with zero attached hydrogens (tertiary/aromatic N) is 2. The van der Waals surface area contributed by atoms with Crippen LogP contribution in [0.4, 0.5) is 15.8 Å². The number of hydrogen-bond acceptors (Lipinski definition) is 5. The number of benzene rings is 2. The maximum Gasteiger partial charge on any atom is 0.293 e. The molecule has 1 N–H and O–H groups in total. The average molecular weight is 421 g/mol. The molecule has 9 heteroatoms. The van der Waals surface area contributed by atoms with Crippen LogP contribution in [0.3, 0.4) is 0 Å². The molecule has 0 spiro atoms. The van der Waals surface area contributed by atoms with Crippen LogP contribution in [-0.2, 0) is 10.0 Å². The van der Waals surface area contributed by atoms with Gasteiger partial charge < -0.3 is 4.90 Å². The van der Waals surface area contributed by atoms with E-state index in [2.05, 4.69) is 4.72 Å². The molecular weight excluding hydrogens is 397 g/mol. The lowest BCUT2D eigenvalue weighted by Crippen LogP contribution is -2.40. The van der Waals surface area contributed by atoms with E-state index in [0.29, 0.717) is 12.2 Å². The number of nitro benzene ring substituents is 1. The summed E-state index contributed by atoms with van der Waals surface area (Å²) in [4.78, 5) is 12.9. The number of halogens is 1. The zero-order valence-corrected chi connectivity index (χ0v) is 17.4. The Kier molecular flexibility index (Phi) is 5.64. The lowest BCUT2D eigenvalue weighted by Gasteiger charge is -2.27. The Hall–Kier alpha value is -2.52. The average Bonchev–Trinajstić information content (AvgIpc) is 3.08. The minimum atomic E-state index is -3.91. The van der Waals surface area contributed by atoms with Crippen molar-refractivity contribution in [3.05, 3.63) is 64.0 Å². The van der Waals surface area contributed by atoms with Crippen LogP contribution in [0.5, 0.6) is 0 Å². The van der Waals surface area contributed by atoms with Crippen molar-refractivity contribution in [2.75, 3.05) is 11.4 Å². The molecule has 1 heterocycles. The van der Waals surface area contributed by atoms with E-state index < -0.39 is 20.5 Å². The predicted molar refractivity (Wildman–Crippen MR) is 109 cm³/mol. The first-order valence-electron chi connectivity index (χ1n) is 9.32. The van der Waals surface area contributed by atoms with Crippen molar-refractivity contribution in [2.24, 2.45) is 0 Å². The Morgan fingerprint density at radius 2 is 1.93 bits per heavy atom. The number of nitrogens with one attached hydrogen (secondary N) is 1. The monoisotopic (exact) mass is 421 g/mol. The molecule has 0 radical (unpaired) electrons. The van der Waals surface area contributed by atoms with Gasteiger partial charge in [-0.2, -0.15) is 0 Å². The Morgan fingerprint density at radius 3 is 2.55 bits per heavy atom. The largest absolute Gasteiger partial charge is 0.359 e. The van der Waals surface area contributed by atoms with Gasteiger partial charge in [0.2, 0.25) is 10.0 Å². The Labute approximate surface area is 169 Å². The van der Waals surface area contributed by atoms with Gasteiger partial charge in [-0.3, -0.25) is 10.1 Å². The van der Waals surface area contributed by atoms with E-state index >= 15 is 0 Å². The molecule has 1 saturated heterocycles. The van der Waals surface area contributed by atoms with Crippen LogP contribution in [-0.4, -0.2) is 25.4 Å². The molecule has 156 valence electrons. The van der Waals surface area contributed by atoms with Gasteiger partial charge in [0.15, 0.2) is 0 Å². The van der Waals surface area contributed by atoms with Crippen molar-refractivity contribution in [1.82, 2.24) is 4.72 Å². The first-order valence-corrected chi connectivity index (χ1v) is 10.8. The molecule has 1 aliphatic rings. The Morgan fingerprint density at radius 1 is 1.21 bits per heavy atom. The van der Waals surface area contributed by atoms with Crippen molar-refractivity contribution in [3.63, 3.8) is 0 Å². The third kappa shape index (κ3) is 4.73. The molecule has 29 heavy (non-hydrogen) atoms. The van der Waals surface area contributed by atoms with Crippen LogP contribution in [0.2, 0.25) is 0 Å². The van der Waals surface area contributed by atoms with Crippen LogP contribution in [0.25, 0.3) is 0 Å². The summed E-state index contributed by atoms with van der Waals surface area (Å²) in [6, 6.07) is 9.91. The molecule has 3 rings (SSSR count). The van der Waals surface area contributed by atoms with Gasteiger partial charge in [0.25, 0.3) is 5.69 Å². The van der Waals surface area contributed by atoms with E-state index in [0.717, 1.165) is 24.5 Å². The quantitative estimate of drug-likeness (QED) is 0.578. The van der Waals surface area contributed by atoms with Crippen molar-refractivity contribution in [1.29, 1.82) is 0 Å². The highest BCUT2D eigenvalue weighted by atomic mass is 32.2. The topological polar surface area (TPSA) is 92.6 Å². The van der Waals surface area contributed by atoms with Crippen molar-refractivity contribution >= 4 is 21.4 Å². The minimum absolute atomic E-state index is 0.163. The SMILES string of the molecule is CC(C)(C)NS(=O)(=O)c1ccc(N2CCC[C@@H]2c2cccc(F)c2)c([N+](=O)[O-])c1. The molecule has 2 aromatic carbocycles. The van der Waals surface area contributed by atoms with Gasteiger partial charge in [-0.1, -0.05) is 12.1 Å². The van der Waals surface area contributed by atoms with Gasteiger partial charge in [-0.05, 0) is 63.4 Å². The van der Waals surface area contributed by atoms with E-state index in [4.69, 9.17) is 0 Å². The normalized spacial score (nSPS) is 17.5. The van der Waals surface area contributed by atoms with Gasteiger partial charge in [0.1, 0.15) is 11.5 Å². The summed E-state index contributed by atoms with van der Waals surface area (Å²) >= 11 is 0. The fourth-order valence-corrected chi connectivity index (χ4v) is 5.08. The zero-order chi connectivity index (χ0) is 21.4. The second-order valence-corrected chi connectivity index (χ2v) is 9.85. The lowest BCUT2D eigenvalue weighted by molar-refractivity contribution is -0.384. The molecule has 1 aliphatic heterocycles. The number of anilines is 1. The van der Waals surface area contributed by atoms with E-state index in [1.54, 1.807) is 32.9 Å². The molecule has 2 aromatic rings. The summed E-state index contributed by atoms with van der Waals surface area (Å²) in [6.07, 6.45) is 1.52. The molecule has 0 aliphatic carbocycles. The summed E-state index contributed by atoms with van der Waals surface area (Å²) in [5, 5.41) is 11.7. The molecule has 1 atom stereocenters. The van der Waals surface area contributed by atoms with E-state index in [9.17, 15) is 22.9 Å². The molecule has 0 saturated carbocycles. The third-order valence-corrected chi connectivity index (χ3v) is 6.45. The minimum Gasteiger partial charge on any atom is -0.359 e. The van der Waals surface area contributed by atoms with Crippen LogP contribution in [0.15, 0.2) is 47.4 Å². The number of nitro groups is 1. The summed E-state index contributed by atoms with van der Waals surface area (Å²) < 4.78 is 41.4. The first-order chi connectivity index (χ1) is 13.5. The number of sulfonamides is 1. The van der Waals surface area contributed by atoms with Crippen LogP contribution >= 0.6 is 0 Å². The van der Waals surface area contributed by atoms with Gasteiger partial charge in [-0.25, -0.2) is 17.5 Å². The van der Waals surface area contributed by atoms with Crippen LogP contribution in [0, 0.1) is 15.9 Å². The van der Waals surface area contributed by atoms with Gasteiger partial charge in [0, 0.05) is 18.2 Å². The molecule has 1 fully saturated rings. The van der Waals surface area contributed by atoms with E-state index in [1.165, 1.54) is 24.3 Å². The molecular formula is C20H24FN3O4S. The second-order valence-electron chi connectivity index (χ2n) is 8.17. The molecule has 0 unspecified atom stereocenters. The Balaban J connectivity index is 2.02. The highest BCUT2D eigenvalue weighted by Crippen LogP contribution is 2.41. The summed E-state index contributed by atoms with van der Waals surface area (Å²) in [6.45, 7) is 5.65. The number of hydrogen-bond donors (Lipinski definition) is 1. The lowest BCUT2D eigenvalue weighted by atomic mass is 10.0. The van der Waals surface area contributed by atoms with Gasteiger partial charge in [-0.15, -0.1) is 0 Å². The molecule has 7 nitrogen and oxygen atoms in total. The van der Waals surface area contributed by atoms with Gasteiger partial charge in [0.05, 0.1) is 15.9 Å².